The highest BCUT2D eigenvalue weighted by atomic mass is 16.6. The Kier molecular flexibility index (Phi) is 2.51. The third-order valence-electron chi connectivity index (χ3n) is 1.44. The number of aromatic nitrogens is 2. The molecular formula is C9H15N3O2. The maximum absolute atomic E-state index is 11.5. The quantitative estimate of drug-likeness (QED) is 0.685. The molecule has 0 radical (unpaired) electrons. The Bertz CT molecular complexity index is 349. The van der Waals surface area contributed by atoms with Gasteiger partial charge in [0.25, 0.3) is 0 Å². The van der Waals surface area contributed by atoms with Gasteiger partial charge >= 0.3 is 6.09 Å². The van der Waals surface area contributed by atoms with Gasteiger partial charge in [0.1, 0.15) is 5.60 Å². The van der Waals surface area contributed by atoms with Crippen LogP contribution >= 0.6 is 0 Å². The van der Waals surface area contributed by atoms with Crippen molar-refractivity contribution in [2.24, 2.45) is 0 Å². The predicted molar refractivity (Wildman–Crippen MR) is 53.0 cm³/mol. The highest BCUT2D eigenvalue weighted by molar-refractivity contribution is 5.74. The van der Waals surface area contributed by atoms with Gasteiger partial charge in [0, 0.05) is 6.20 Å². The molecule has 0 saturated heterocycles. The van der Waals surface area contributed by atoms with Crippen molar-refractivity contribution in [3.8, 4) is 0 Å². The van der Waals surface area contributed by atoms with Crippen molar-refractivity contribution in [2.75, 3.05) is 5.73 Å². The maximum Gasteiger partial charge on any atom is 0.421 e. The molecule has 0 spiro atoms. The second kappa shape index (κ2) is 3.32. The van der Waals surface area contributed by atoms with Crippen LogP contribution in [-0.2, 0) is 4.74 Å². The number of anilines is 1. The van der Waals surface area contributed by atoms with Crippen LogP contribution in [0.25, 0.3) is 0 Å². The zero-order chi connectivity index (χ0) is 10.9. The zero-order valence-corrected chi connectivity index (χ0v) is 8.87. The number of carbonyl (C=O) groups excluding carboxylic acids is 1. The Morgan fingerprint density at radius 3 is 2.50 bits per heavy atom. The Morgan fingerprint density at radius 2 is 2.14 bits per heavy atom. The van der Waals surface area contributed by atoms with E-state index in [1.807, 2.05) is 0 Å². The number of hydrogen-bond acceptors (Lipinski definition) is 4. The minimum absolute atomic E-state index is 0.150. The summed E-state index contributed by atoms with van der Waals surface area (Å²) in [6, 6.07) is 0. The van der Waals surface area contributed by atoms with Gasteiger partial charge in [-0.05, 0) is 27.7 Å². The van der Waals surface area contributed by atoms with Crippen LogP contribution in [0.1, 0.15) is 26.5 Å². The number of imidazole rings is 1. The van der Waals surface area contributed by atoms with Crippen LogP contribution in [0, 0.1) is 6.92 Å². The van der Waals surface area contributed by atoms with Crippen molar-refractivity contribution >= 4 is 12.0 Å². The molecule has 0 aliphatic rings. The normalized spacial score (nSPS) is 11.4. The average Bonchev–Trinajstić information content (AvgIpc) is 2.26. The molecule has 0 aliphatic heterocycles. The van der Waals surface area contributed by atoms with Crippen LogP contribution in [-0.4, -0.2) is 21.2 Å². The number of ether oxygens (including phenoxy) is 1. The van der Waals surface area contributed by atoms with Crippen molar-refractivity contribution in [3.05, 3.63) is 11.9 Å². The van der Waals surface area contributed by atoms with Crippen LogP contribution in [0.5, 0.6) is 0 Å². The molecule has 1 aromatic heterocycles. The van der Waals surface area contributed by atoms with E-state index in [0.717, 1.165) is 0 Å². The van der Waals surface area contributed by atoms with Gasteiger partial charge in [-0.3, -0.25) is 0 Å². The lowest BCUT2D eigenvalue weighted by molar-refractivity contribution is 0.0540. The molecule has 0 aromatic carbocycles. The lowest BCUT2D eigenvalue weighted by Gasteiger charge is -2.19. The number of aryl methyl sites for hydroxylation is 1. The summed E-state index contributed by atoms with van der Waals surface area (Å²) >= 11 is 0. The summed E-state index contributed by atoms with van der Waals surface area (Å²) in [5.41, 5.74) is 5.67. The van der Waals surface area contributed by atoms with Gasteiger partial charge in [0.05, 0.1) is 5.69 Å². The summed E-state index contributed by atoms with van der Waals surface area (Å²) in [6.07, 6.45) is 1.04. The van der Waals surface area contributed by atoms with Crippen LogP contribution in [0.2, 0.25) is 0 Å². The van der Waals surface area contributed by atoms with Crippen molar-refractivity contribution in [1.29, 1.82) is 0 Å². The van der Waals surface area contributed by atoms with E-state index in [-0.39, 0.29) is 5.95 Å². The smallest absolute Gasteiger partial charge is 0.421 e. The topological polar surface area (TPSA) is 70.1 Å². The number of rotatable bonds is 0. The van der Waals surface area contributed by atoms with Gasteiger partial charge in [-0.25, -0.2) is 14.3 Å². The average molecular weight is 197 g/mol. The second-order valence-corrected chi connectivity index (χ2v) is 4.09. The number of carbonyl (C=O) groups is 1. The Labute approximate surface area is 82.9 Å². The van der Waals surface area contributed by atoms with Gasteiger partial charge in [0.2, 0.25) is 5.95 Å². The second-order valence-electron chi connectivity index (χ2n) is 4.09. The molecule has 14 heavy (non-hydrogen) atoms. The third-order valence-corrected chi connectivity index (χ3v) is 1.44. The highest BCUT2D eigenvalue weighted by Crippen LogP contribution is 2.11. The number of nitrogens with zero attached hydrogens (tertiary/aromatic N) is 2. The van der Waals surface area contributed by atoms with Gasteiger partial charge in [0.15, 0.2) is 0 Å². The molecule has 78 valence electrons. The standard InChI is InChI=1S/C9H15N3O2/c1-6-5-12(7(10)11-6)8(13)14-9(2,3)4/h5H,1-4H3,(H2,10,11). The fraction of sp³-hybridized carbons (Fsp3) is 0.556. The van der Waals surface area contributed by atoms with E-state index in [1.165, 1.54) is 4.57 Å². The first-order valence-corrected chi connectivity index (χ1v) is 4.34. The largest absolute Gasteiger partial charge is 0.443 e. The maximum atomic E-state index is 11.5. The summed E-state index contributed by atoms with van der Waals surface area (Å²) in [5.74, 6) is 0.150. The molecule has 0 saturated carbocycles. The fourth-order valence-corrected chi connectivity index (χ4v) is 0.974. The van der Waals surface area contributed by atoms with Crippen molar-refractivity contribution in [1.82, 2.24) is 9.55 Å². The van der Waals surface area contributed by atoms with Crippen molar-refractivity contribution < 1.29 is 9.53 Å². The van der Waals surface area contributed by atoms with Gasteiger partial charge in [-0.2, -0.15) is 0 Å². The van der Waals surface area contributed by atoms with E-state index < -0.39 is 11.7 Å². The van der Waals surface area contributed by atoms with Crippen LogP contribution in [0.3, 0.4) is 0 Å². The molecule has 0 unspecified atom stereocenters. The van der Waals surface area contributed by atoms with Gasteiger partial charge < -0.3 is 10.5 Å². The Morgan fingerprint density at radius 1 is 1.57 bits per heavy atom. The predicted octanol–water partition coefficient (Wildman–Crippen LogP) is 1.56. The lowest BCUT2D eigenvalue weighted by Crippen LogP contribution is -2.27. The summed E-state index contributed by atoms with van der Waals surface area (Å²) in [4.78, 5) is 15.4. The van der Waals surface area contributed by atoms with Crippen LogP contribution in [0.4, 0.5) is 10.7 Å². The Hall–Kier alpha value is -1.52. The molecule has 0 amide bonds. The first kappa shape index (κ1) is 10.6. The monoisotopic (exact) mass is 197 g/mol. The summed E-state index contributed by atoms with van der Waals surface area (Å²) in [7, 11) is 0. The van der Waals surface area contributed by atoms with Crippen molar-refractivity contribution in [3.63, 3.8) is 0 Å². The van der Waals surface area contributed by atoms with E-state index >= 15 is 0 Å². The van der Waals surface area contributed by atoms with Crippen LogP contribution < -0.4 is 5.73 Å². The SMILES string of the molecule is Cc1cn(C(=O)OC(C)(C)C)c(N)n1. The zero-order valence-electron chi connectivity index (χ0n) is 8.87. The van der Waals surface area contributed by atoms with E-state index in [4.69, 9.17) is 10.5 Å². The molecule has 1 heterocycles. The molecule has 0 fully saturated rings. The summed E-state index contributed by atoms with van der Waals surface area (Å²) < 4.78 is 6.32. The highest BCUT2D eigenvalue weighted by Gasteiger charge is 2.19. The molecule has 1 rings (SSSR count). The fourth-order valence-electron chi connectivity index (χ4n) is 0.974. The number of nitrogens with two attached hydrogens (primary N) is 1. The first-order valence-electron chi connectivity index (χ1n) is 4.34. The lowest BCUT2D eigenvalue weighted by atomic mass is 10.2. The molecular weight excluding hydrogens is 182 g/mol. The molecule has 0 atom stereocenters. The minimum Gasteiger partial charge on any atom is -0.443 e. The van der Waals surface area contributed by atoms with E-state index in [0.29, 0.717) is 5.69 Å². The van der Waals surface area contributed by atoms with E-state index in [9.17, 15) is 4.79 Å². The molecule has 5 nitrogen and oxygen atoms in total. The van der Waals surface area contributed by atoms with Gasteiger partial charge in [-0.1, -0.05) is 0 Å². The van der Waals surface area contributed by atoms with E-state index in [2.05, 4.69) is 4.98 Å². The van der Waals surface area contributed by atoms with E-state index in [1.54, 1.807) is 33.9 Å². The molecule has 1 aromatic rings. The minimum atomic E-state index is -0.526. The summed E-state index contributed by atoms with van der Waals surface area (Å²) in [5, 5.41) is 0. The molecule has 0 aliphatic carbocycles. The van der Waals surface area contributed by atoms with Gasteiger partial charge in [-0.15, -0.1) is 0 Å². The third kappa shape index (κ3) is 2.48. The molecule has 2 N–H and O–H groups in total. The number of hydrogen-bond donors (Lipinski definition) is 1. The molecule has 0 bridgehead atoms. The van der Waals surface area contributed by atoms with Crippen LogP contribution in [0.15, 0.2) is 6.20 Å². The first-order chi connectivity index (χ1) is 6.29. The van der Waals surface area contributed by atoms with Crippen molar-refractivity contribution in [2.45, 2.75) is 33.3 Å². The molecule has 5 heteroatoms. The Balaban J connectivity index is 2.85. The number of nitrogen functional groups attached to an aromatic ring is 1. The summed E-state index contributed by atoms with van der Waals surface area (Å²) in [6.45, 7) is 7.15.